The molecule has 0 saturated heterocycles. The van der Waals surface area contributed by atoms with Gasteiger partial charge in [-0.1, -0.05) is 67.4 Å². The minimum absolute atomic E-state index is 0.0166. The van der Waals surface area contributed by atoms with Crippen LogP contribution in [0.1, 0.15) is 153 Å². The Morgan fingerprint density at radius 1 is 0.750 bits per heavy atom. The number of phenolic OH excluding ortho intramolecular Hbond substituents is 5. The second kappa shape index (κ2) is 18.9. The molecule has 9 N–H and O–H groups in total. The van der Waals surface area contributed by atoms with Crippen molar-refractivity contribution >= 4 is 5.78 Å². The Labute approximate surface area is 445 Å². The van der Waals surface area contributed by atoms with Gasteiger partial charge >= 0.3 is 0 Å². The molecular weight excluding hydrogens is 953 g/mol. The summed E-state index contributed by atoms with van der Waals surface area (Å²) in [5.74, 6) is -1.28. The molecule has 2 bridgehead atoms. The first-order valence-electron chi connectivity index (χ1n) is 28.4. The van der Waals surface area contributed by atoms with E-state index in [1.807, 2.05) is 30.3 Å². The van der Waals surface area contributed by atoms with Gasteiger partial charge in [0.15, 0.2) is 23.0 Å². The van der Waals surface area contributed by atoms with E-state index in [9.17, 15) is 30.6 Å². The predicted octanol–water partition coefficient (Wildman–Crippen LogP) is 12.4. The number of hydrogen-bond acceptors (Lipinski definition) is 10. The minimum atomic E-state index is -1.03. The summed E-state index contributed by atoms with van der Waals surface area (Å²) in [6.07, 6.45) is 15.4. The minimum Gasteiger partial charge on any atom is -0.508 e. The lowest BCUT2D eigenvalue weighted by molar-refractivity contribution is -0.136. The largest absolute Gasteiger partial charge is 0.508 e. The number of rotatable bonds is 12. The van der Waals surface area contributed by atoms with Crippen molar-refractivity contribution in [3.8, 4) is 51.5 Å². The van der Waals surface area contributed by atoms with Crippen LogP contribution < -0.4 is 15.2 Å². The van der Waals surface area contributed by atoms with Gasteiger partial charge in [0.05, 0.1) is 6.10 Å². The van der Waals surface area contributed by atoms with Gasteiger partial charge in [0, 0.05) is 40.8 Å². The maximum Gasteiger partial charge on any atom is 0.200 e. The van der Waals surface area contributed by atoms with Crippen molar-refractivity contribution in [2.45, 2.75) is 144 Å². The molecule has 396 valence electrons. The van der Waals surface area contributed by atoms with E-state index < -0.39 is 23.5 Å². The van der Waals surface area contributed by atoms with Gasteiger partial charge in [0.25, 0.3) is 0 Å². The number of aryl methyl sites for hydroxylation is 1. The van der Waals surface area contributed by atoms with Gasteiger partial charge < -0.3 is 45.1 Å². The Morgan fingerprint density at radius 2 is 1.53 bits per heavy atom. The summed E-state index contributed by atoms with van der Waals surface area (Å²) in [6.45, 7) is -0.105. The molecule has 0 radical (unpaired) electrons. The molecule has 5 saturated carbocycles. The molecule has 1 aromatic heterocycles. The molecule has 11 nitrogen and oxygen atoms in total. The summed E-state index contributed by atoms with van der Waals surface area (Å²) in [5, 5.41) is 70.4. The molecule has 6 aromatic rings. The fourth-order valence-corrected chi connectivity index (χ4v) is 17.8. The van der Waals surface area contributed by atoms with Gasteiger partial charge in [-0.2, -0.15) is 0 Å². The van der Waals surface area contributed by atoms with Gasteiger partial charge in [0.2, 0.25) is 5.75 Å². The number of phenols is 5. The highest BCUT2D eigenvalue weighted by Crippen LogP contribution is 2.74. The van der Waals surface area contributed by atoms with Gasteiger partial charge in [-0.15, -0.1) is 0 Å². The third-order valence-electron chi connectivity index (χ3n) is 20.8. The fraction of sp³-hybridized carbons (Fsp3) is 0.462. The average Bonchev–Trinajstić information content (AvgIpc) is 4.19. The molecule has 8 aliphatic rings. The van der Waals surface area contributed by atoms with Gasteiger partial charge in [-0.3, -0.25) is 10.5 Å². The number of aromatic nitrogens is 1. The van der Waals surface area contributed by atoms with E-state index >= 15 is 4.79 Å². The molecule has 0 aliphatic heterocycles. The number of aromatic amines is 1. The number of ketones is 1. The molecule has 8 aliphatic carbocycles. The summed E-state index contributed by atoms with van der Waals surface area (Å²) in [4.78, 5) is 19.0. The molecule has 1 spiro atoms. The lowest BCUT2D eigenvalue weighted by Crippen LogP contribution is -2.56. The highest BCUT2D eigenvalue weighted by Gasteiger charge is 2.66. The summed E-state index contributed by atoms with van der Waals surface area (Å²) in [5.41, 5.74) is 14.3. The van der Waals surface area contributed by atoms with Crippen molar-refractivity contribution in [2.75, 3.05) is 6.73 Å². The monoisotopic (exact) mass is 1020 g/mol. The SMILES string of the molecule is NCOc1cc(CCC(=O)[C@@H]2C[C@@H](Cc3ccc(O)cc3)[C@H]3C[C@H]4C[C@H]([C@]56CC7(CCCC7)CC[C@@H]5c5cc[nH]c5-c5ccccc56)[C@H](c5cc(O)c(O)c(OC6(c7cccc(O)c7)CCCC6)c54)[C@@H]3[C@H]2O)ccc1O. The number of carbonyl (C=O) groups is 1. The summed E-state index contributed by atoms with van der Waals surface area (Å²) >= 11 is 0. The lowest BCUT2D eigenvalue weighted by Gasteiger charge is -2.61. The van der Waals surface area contributed by atoms with Crippen molar-refractivity contribution in [3.05, 3.63) is 148 Å². The van der Waals surface area contributed by atoms with E-state index in [1.165, 1.54) is 48.1 Å². The van der Waals surface area contributed by atoms with Crippen LogP contribution >= 0.6 is 0 Å². The quantitative estimate of drug-likeness (QED) is 0.0431. The number of aliphatic hydroxyl groups excluding tert-OH is 1. The van der Waals surface area contributed by atoms with E-state index in [0.717, 1.165) is 66.3 Å². The number of H-pyrrole nitrogens is 1. The number of aliphatic hydroxyl groups is 1. The first-order chi connectivity index (χ1) is 36.9. The zero-order chi connectivity index (χ0) is 52.1. The van der Waals surface area contributed by atoms with Gasteiger partial charge in [0.1, 0.15) is 29.6 Å². The summed E-state index contributed by atoms with van der Waals surface area (Å²) in [6, 6.07) is 33.0. The zero-order valence-corrected chi connectivity index (χ0v) is 43.3. The number of fused-ring (bicyclic) bond motifs is 8. The Balaban J connectivity index is 1.01. The first-order valence-corrected chi connectivity index (χ1v) is 28.4. The standard InChI is InChI=1S/C65H72N2O9/c66-36-75-55-29-38(15-19-53(55)71)14-18-52(70)47-30-39(28-37-12-16-42(68)17-13-37)46-31-40-32-51(65-35-63(22-3-4-23-63)26-20-50(65)45-21-27-67-59(45)44-10-1-2-11-49(44)65)57(58(46)60(47)73)48-34-54(72)61(74)62(56(40)48)76-64(24-5-6-25-64)41-8-7-9-43(69)33-41/h1-2,7-13,15-17,19,21,27,29,33-34,39-40,46-47,50-51,57-58,60,67-69,71-74H,3-6,14,18,20,22-26,28,30-32,35-36,66H2/t39-,40+,46-,47+,50-,51+,57+,58-,60+,65+/m1/s1. The van der Waals surface area contributed by atoms with E-state index in [1.54, 1.807) is 42.5 Å². The molecule has 0 unspecified atom stereocenters. The number of hydrogen-bond donors (Lipinski definition) is 8. The van der Waals surface area contributed by atoms with E-state index in [-0.39, 0.29) is 99.8 Å². The molecule has 5 fully saturated rings. The fourth-order valence-electron chi connectivity index (χ4n) is 17.8. The summed E-state index contributed by atoms with van der Waals surface area (Å²) in [7, 11) is 0. The van der Waals surface area contributed by atoms with Crippen LogP contribution in [-0.2, 0) is 28.7 Å². The molecule has 5 aromatic carbocycles. The van der Waals surface area contributed by atoms with Crippen LogP contribution in [0.3, 0.4) is 0 Å². The normalized spacial score (nSPS) is 29.4. The number of Topliss-reactive ketones (excluding diaryl/α,β-unsaturated/α-hetero) is 1. The number of nitrogens with two attached hydrogens (primary N) is 1. The smallest absolute Gasteiger partial charge is 0.200 e. The molecule has 10 atom stereocenters. The lowest BCUT2D eigenvalue weighted by atomic mass is 9.42. The van der Waals surface area contributed by atoms with Crippen molar-refractivity contribution < 1.29 is 44.9 Å². The Hall–Kier alpha value is -6.43. The Bertz CT molecular complexity index is 3170. The van der Waals surface area contributed by atoms with Crippen LogP contribution in [0.25, 0.3) is 11.3 Å². The number of benzene rings is 5. The maximum absolute atomic E-state index is 15.3. The first kappa shape index (κ1) is 49.2. The number of carbonyl (C=O) groups excluding carboxylic acids is 1. The third-order valence-corrected chi connectivity index (χ3v) is 20.8. The molecule has 14 rings (SSSR count). The topological polar surface area (TPSA) is 199 Å². The number of nitrogens with one attached hydrogen (secondary N) is 1. The third kappa shape index (κ3) is 7.91. The second-order valence-electron chi connectivity index (χ2n) is 24.4. The van der Waals surface area contributed by atoms with E-state index in [4.69, 9.17) is 15.2 Å². The van der Waals surface area contributed by atoms with Crippen LogP contribution in [0.5, 0.6) is 40.2 Å². The average molecular weight is 1030 g/mol. The second-order valence-corrected chi connectivity index (χ2v) is 24.4. The van der Waals surface area contributed by atoms with Crippen LogP contribution in [0.15, 0.2) is 109 Å². The highest BCUT2D eigenvalue weighted by atomic mass is 16.5. The van der Waals surface area contributed by atoms with Crippen molar-refractivity contribution in [2.24, 2.45) is 40.7 Å². The van der Waals surface area contributed by atoms with Gasteiger partial charge in [-0.05, 0) is 219 Å². The molecule has 11 heteroatoms. The van der Waals surface area contributed by atoms with Crippen LogP contribution in [0, 0.1) is 35.0 Å². The number of ether oxygens (including phenoxy) is 2. The Kier molecular flexibility index (Phi) is 12.3. The molecule has 1 heterocycles. The van der Waals surface area contributed by atoms with E-state index in [2.05, 4.69) is 41.5 Å². The zero-order valence-electron chi connectivity index (χ0n) is 43.3. The number of aromatic hydroxyl groups is 5. The molecular formula is C65H72N2O9. The van der Waals surface area contributed by atoms with Crippen LogP contribution in [-0.4, -0.2) is 54.2 Å². The molecule has 0 amide bonds. The van der Waals surface area contributed by atoms with Crippen LogP contribution in [0.4, 0.5) is 0 Å². The highest BCUT2D eigenvalue weighted by molar-refractivity contribution is 5.82. The van der Waals surface area contributed by atoms with Gasteiger partial charge in [-0.25, -0.2) is 0 Å². The van der Waals surface area contributed by atoms with Crippen molar-refractivity contribution in [1.29, 1.82) is 0 Å². The van der Waals surface area contributed by atoms with E-state index in [0.29, 0.717) is 44.3 Å². The maximum atomic E-state index is 15.3. The Morgan fingerprint density at radius 3 is 2.32 bits per heavy atom. The molecule has 76 heavy (non-hydrogen) atoms. The predicted molar refractivity (Wildman–Crippen MR) is 290 cm³/mol. The summed E-state index contributed by atoms with van der Waals surface area (Å²) < 4.78 is 13.0. The van der Waals surface area contributed by atoms with Crippen LogP contribution in [0.2, 0.25) is 0 Å². The van der Waals surface area contributed by atoms with Crippen molar-refractivity contribution in [3.63, 3.8) is 0 Å². The van der Waals surface area contributed by atoms with Crippen molar-refractivity contribution in [1.82, 2.24) is 4.98 Å².